The molecule has 0 radical (unpaired) electrons. The summed E-state index contributed by atoms with van der Waals surface area (Å²) in [5, 5.41) is 3.02. The third-order valence-electron chi connectivity index (χ3n) is 2.78. The molecule has 1 aromatic heterocycles. The predicted molar refractivity (Wildman–Crippen MR) is 78.9 cm³/mol. The minimum absolute atomic E-state index is 0.465. The summed E-state index contributed by atoms with van der Waals surface area (Å²) in [4.78, 5) is 6.47. The van der Waals surface area contributed by atoms with E-state index in [2.05, 4.69) is 10.3 Å². The number of nitrogens with one attached hydrogen (secondary N) is 1. The highest BCUT2D eigenvalue weighted by molar-refractivity contribution is 5.49. The molecule has 0 aliphatic rings. The molecule has 0 spiro atoms. The maximum atomic E-state index is 5.77. The smallest absolute Gasteiger partial charge is 0.130 e. The minimum atomic E-state index is 0.465. The van der Waals surface area contributed by atoms with E-state index < -0.39 is 0 Å². The first-order valence-corrected chi connectivity index (χ1v) is 6.23. The molecule has 1 aromatic carbocycles. The summed E-state index contributed by atoms with van der Waals surface area (Å²) in [6.07, 6.45) is 0. The molecule has 0 amide bonds. The van der Waals surface area contributed by atoms with Crippen LogP contribution in [0.15, 0.2) is 42.5 Å². The summed E-state index contributed by atoms with van der Waals surface area (Å²) in [6.45, 7) is 0.465. The second kappa shape index (κ2) is 6.09. The van der Waals surface area contributed by atoms with Gasteiger partial charge in [0.1, 0.15) is 18.2 Å². The number of benzene rings is 1. The first-order valence-electron chi connectivity index (χ1n) is 6.23. The van der Waals surface area contributed by atoms with E-state index in [9.17, 15) is 0 Å². The van der Waals surface area contributed by atoms with Crippen molar-refractivity contribution in [1.82, 2.24) is 4.98 Å². The zero-order valence-corrected chi connectivity index (χ0v) is 11.6. The van der Waals surface area contributed by atoms with Gasteiger partial charge in [-0.15, -0.1) is 0 Å². The first-order chi connectivity index (χ1) is 9.19. The van der Waals surface area contributed by atoms with Crippen LogP contribution in [-0.4, -0.2) is 26.1 Å². The Hall–Kier alpha value is -2.23. The number of anilines is 2. The monoisotopic (exact) mass is 257 g/mol. The van der Waals surface area contributed by atoms with Crippen LogP contribution in [0.2, 0.25) is 0 Å². The molecule has 0 unspecified atom stereocenters. The van der Waals surface area contributed by atoms with E-state index in [4.69, 9.17) is 4.74 Å². The zero-order valence-electron chi connectivity index (χ0n) is 11.6. The number of hydrogen-bond donors (Lipinski definition) is 1. The van der Waals surface area contributed by atoms with Crippen LogP contribution in [-0.2, 0) is 6.61 Å². The number of ether oxygens (including phenoxy) is 1. The van der Waals surface area contributed by atoms with Crippen LogP contribution < -0.4 is 15.0 Å². The van der Waals surface area contributed by atoms with Crippen molar-refractivity contribution in [2.45, 2.75) is 6.61 Å². The quantitative estimate of drug-likeness (QED) is 0.893. The molecule has 4 heteroatoms. The van der Waals surface area contributed by atoms with Crippen molar-refractivity contribution in [3.63, 3.8) is 0 Å². The highest BCUT2D eigenvalue weighted by atomic mass is 16.5. The molecule has 19 heavy (non-hydrogen) atoms. The van der Waals surface area contributed by atoms with Crippen LogP contribution in [0.1, 0.15) is 5.69 Å². The van der Waals surface area contributed by atoms with Gasteiger partial charge in [0.15, 0.2) is 0 Å². The molecule has 0 fully saturated rings. The maximum absolute atomic E-state index is 5.77. The van der Waals surface area contributed by atoms with E-state index >= 15 is 0 Å². The Balaban J connectivity index is 2.03. The highest BCUT2D eigenvalue weighted by Gasteiger charge is 2.01. The summed E-state index contributed by atoms with van der Waals surface area (Å²) >= 11 is 0. The molecule has 2 rings (SSSR count). The lowest BCUT2D eigenvalue weighted by Crippen LogP contribution is -2.08. The van der Waals surface area contributed by atoms with Crippen molar-refractivity contribution >= 4 is 11.5 Å². The Kier molecular flexibility index (Phi) is 4.23. The van der Waals surface area contributed by atoms with E-state index in [1.807, 2.05) is 68.5 Å². The number of hydrogen-bond acceptors (Lipinski definition) is 4. The van der Waals surface area contributed by atoms with Crippen molar-refractivity contribution in [3.8, 4) is 5.75 Å². The van der Waals surface area contributed by atoms with Gasteiger partial charge in [-0.3, -0.25) is 0 Å². The van der Waals surface area contributed by atoms with Gasteiger partial charge >= 0.3 is 0 Å². The molecule has 1 N–H and O–H groups in total. The van der Waals surface area contributed by atoms with Crippen LogP contribution in [0, 0.1) is 0 Å². The van der Waals surface area contributed by atoms with Crippen LogP contribution in [0.4, 0.5) is 11.5 Å². The Morgan fingerprint density at radius 1 is 1.16 bits per heavy atom. The van der Waals surface area contributed by atoms with Gasteiger partial charge in [-0.2, -0.15) is 0 Å². The van der Waals surface area contributed by atoms with Crippen molar-refractivity contribution in [2.24, 2.45) is 0 Å². The van der Waals surface area contributed by atoms with Gasteiger partial charge in [0, 0.05) is 32.9 Å². The fraction of sp³-hybridized carbons (Fsp3) is 0.267. The normalized spacial score (nSPS) is 10.1. The molecule has 0 aliphatic carbocycles. The van der Waals surface area contributed by atoms with Gasteiger partial charge in [0.25, 0.3) is 0 Å². The molecule has 2 aromatic rings. The molecule has 4 nitrogen and oxygen atoms in total. The fourth-order valence-corrected chi connectivity index (χ4v) is 1.71. The molecule has 0 bridgehead atoms. The van der Waals surface area contributed by atoms with Crippen molar-refractivity contribution < 1.29 is 4.74 Å². The van der Waals surface area contributed by atoms with Crippen LogP contribution in [0.3, 0.4) is 0 Å². The second-order valence-corrected chi connectivity index (χ2v) is 4.44. The summed E-state index contributed by atoms with van der Waals surface area (Å²) in [5.74, 6) is 1.70. The van der Waals surface area contributed by atoms with Gasteiger partial charge in [-0.1, -0.05) is 12.1 Å². The maximum Gasteiger partial charge on any atom is 0.130 e. The van der Waals surface area contributed by atoms with Gasteiger partial charge in [-0.05, 0) is 24.3 Å². The molecule has 100 valence electrons. The lowest BCUT2D eigenvalue weighted by atomic mass is 10.3. The Bertz CT molecular complexity index is 540. The number of pyridine rings is 1. The third-order valence-corrected chi connectivity index (χ3v) is 2.78. The lowest BCUT2D eigenvalue weighted by Gasteiger charge is -2.14. The summed E-state index contributed by atoms with van der Waals surface area (Å²) in [5.41, 5.74) is 2.02. The van der Waals surface area contributed by atoms with E-state index in [-0.39, 0.29) is 0 Å². The fourth-order valence-electron chi connectivity index (χ4n) is 1.71. The van der Waals surface area contributed by atoms with E-state index in [0.717, 1.165) is 22.9 Å². The average Bonchev–Trinajstić information content (AvgIpc) is 2.45. The molecule has 1 heterocycles. The van der Waals surface area contributed by atoms with Crippen molar-refractivity contribution in [2.75, 3.05) is 31.4 Å². The summed E-state index contributed by atoms with van der Waals surface area (Å²) in [7, 11) is 5.88. The number of nitrogens with zero attached hydrogens (tertiary/aromatic N) is 2. The molecule has 0 saturated carbocycles. The van der Waals surface area contributed by atoms with Crippen LogP contribution in [0.25, 0.3) is 0 Å². The third kappa shape index (κ3) is 3.61. The van der Waals surface area contributed by atoms with Crippen molar-refractivity contribution in [1.29, 1.82) is 0 Å². The van der Waals surface area contributed by atoms with Gasteiger partial charge < -0.3 is 15.0 Å². The summed E-state index contributed by atoms with van der Waals surface area (Å²) in [6, 6.07) is 13.9. The molecule has 0 aliphatic heterocycles. The van der Waals surface area contributed by atoms with E-state index in [0.29, 0.717) is 6.61 Å². The van der Waals surface area contributed by atoms with E-state index in [1.54, 1.807) is 0 Å². The van der Waals surface area contributed by atoms with Gasteiger partial charge in [0.2, 0.25) is 0 Å². The van der Waals surface area contributed by atoms with Crippen LogP contribution in [0.5, 0.6) is 5.75 Å². The topological polar surface area (TPSA) is 37.4 Å². The SMILES string of the molecule is CNc1cccc(COc2cccc(N(C)C)c2)n1. The number of rotatable bonds is 5. The minimum Gasteiger partial charge on any atom is -0.487 e. The number of aromatic nitrogens is 1. The lowest BCUT2D eigenvalue weighted by molar-refractivity contribution is 0.301. The average molecular weight is 257 g/mol. The first kappa shape index (κ1) is 13.2. The van der Waals surface area contributed by atoms with Crippen LogP contribution >= 0.6 is 0 Å². The Labute approximate surface area is 114 Å². The Morgan fingerprint density at radius 3 is 2.68 bits per heavy atom. The molecule has 0 saturated heterocycles. The second-order valence-electron chi connectivity index (χ2n) is 4.44. The summed E-state index contributed by atoms with van der Waals surface area (Å²) < 4.78 is 5.77. The molecular weight excluding hydrogens is 238 g/mol. The standard InChI is InChI=1S/C15H19N3O/c1-16-15-9-4-6-12(17-15)11-19-14-8-5-7-13(10-14)18(2)3/h4-10H,11H2,1-3H3,(H,16,17). The zero-order chi connectivity index (χ0) is 13.7. The van der Waals surface area contributed by atoms with E-state index in [1.165, 1.54) is 0 Å². The largest absolute Gasteiger partial charge is 0.487 e. The van der Waals surface area contributed by atoms with Crippen molar-refractivity contribution in [3.05, 3.63) is 48.2 Å². The molecule has 0 atom stereocenters. The highest BCUT2D eigenvalue weighted by Crippen LogP contribution is 2.20. The molecular formula is C15H19N3O. The predicted octanol–water partition coefficient (Wildman–Crippen LogP) is 2.77. The Morgan fingerprint density at radius 2 is 1.95 bits per heavy atom. The van der Waals surface area contributed by atoms with Gasteiger partial charge in [0.05, 0.1) is 5.69 Å². The van der Waals surface area contributed by atoms with Gasteiger partial charge in [-0.25, -0.2) is 4.98 Å².